The number of carbonyl (C=O) groups is 1. The minimum absolute atomic E-state index is 0.183. The zero-order chi connectivity index (χ0) is 22.0. The van der Waals surface area contributed by atoms with Crippen molar-refractivity contribution in [2.45, 2.75) is 32.0 Å². The zero-order valence-electron chi connectivity index (χ0n) is 17.7. The van der Waals surface area contributed by atoms with E-state index in [1.165, 1.54) is 23.4 Å². The Kier molecular flexibility index (Phi) is 6.23. The van der Waals surface area contributed by atoms with Crippen LogP contribution < -0.4 is 4.90 Å². The molecule has 7 heteroatoms. The molecule has 2 fully saturated rings. The largest absolute Gasteiger partial charge is 0.416 e. The van der Waals surface area contributed by atoms with Crippen molar-refractivity contribution in [2.75, 3.05) is 44.2 Å². The van der Waals surface area contributed by atoms with Crippen molar-refractivity contribution in [3.8, 4) is 0 Å². The molecule has 0 aromatic heterocycles. The lowest BCUT2D eigenvalue weighted by molar-refractivity contribution is -0.137. The first-order valence-corrected chi connectivity index (χ1v) is 10.8. The summed E-state index contributed by atoms with van der Waals surface area (Å²) >= 11 is 0. The highest BCUT2D eigenvalue weighted by molar-refractivity contribution is 5.94. The zero-order valence-corrected chi connectivity index (χ0v) is 17.7. The first-order valence-electron chi connectivity index (χ1n) is 10.8. The number of alkyl halides is 3. The van der Waals surface area contributed by atoms with Gasteiger partial charge in [-0.1, -0.05) is 18.2 Å². The predicted octanol–water partition coefficient (Wildman–Crippen LogP) is 4.44. The van der Waals surface area contributed by atoms with E-state index in [0.717, 1.165) is 51.2 Å². The standard InChI is InChI=1S/C24H28F3N3O/c1-18-5-2-3-7-22(18)29-15-13-28(14-16-29)21-6-4-12-30(17-21)23(31)19-8-10-20(11-9-19)24(25,26)27/h2-3,5,7-11,21H,4,6,12-17H2,1H3. The number of piperidine rings is 1. The maximum absolute atomic E-state index is 12.9. The van der Waals surface area contributed by atoms with Gasteiger partial charge in [-0.25, -0.2) is 0 Å². The van der Waals surface area contributed by atoms with Crippen LogP contribution in [0.15, 0.2) is 48.5 Å². The van der Waals surface area contributed by atoms with Gasteiger partial charge in [0.15, 0.2) is 0 Å². The third-order valence-electron chi connectivity index (χ3n) is 6.43. The smallest absolute Gasteiger partial charge is 0.369 e. The molecule has 0 aliphatic carbocycles. The van der Waals surface area contributed by atoms with Gasteiger partial charge in [0.05, 0.1) is 5.56 Å². The number of hydrogen-bond acceptors (Lipinski definition) is 3. The molecule has 0 saturated carbocycles. The molecule has 0 N–H and O–H groups in total. The third-order valence-corrected chi connectivity index (χ3v) is 6.43. The normalized spacial score (nSPS) is 20.7. The number of hydrogen-bond donors (Lipinski definition) is 0. The van der Waals surface area contributed by atoms with Crippen LogP contribution in [0, 0.1) is 6.92 Å². The summed E-state index contributed by atoms with van der Waals surface area (Å²) in [6, 6.07) is 13.3. The summed E-state index contributed by atoms with van der Waals surface area (Å²) in [6.07, 6.45) is -2.44. The second kappa shape index (κ2) is 8.91. The van der Waals surface area contributed by atoms with E-state index in [2.05, 4.69) is 41.0 Å². The van der Waals surface area contributed by atoms with Gasteiger partial charge in [0.1, 0.15) is 0 Å². The number of para-hydroxylation sites is 1. The quantitative estimate of drug-likeness (QED) is 0.719. The number of piperazine rings is 1. The third kappa shape index (κ3) is 4.87. The van der Waals surface area contributed by atoms with Crippen LogP contribution in [0.1, 0.15) is 34.3 Å². The van der Waals surface area contributed by atoms with E-state index >= 15 is 0 Å². The number of nitrogens with zero attached hydrogens (tertiary/aromatic N) is 3. The lowest BCUT2D eigenvalue weighted by Gasteiger charge is -2.44. The molecule has 2 aromatic carbocycles. The number of likely N-dealkylation sites (tertiary alicyclic amines) is 1. The van der Waals surface area contributed by atoms with E-state index < -0.39 is 11.7 Å². The van der Waals surface area contributed by atoms with Crippen LogP contribution in [0.4, 0.5) is 18.9 Å². The van der Waals surface area contributed by atoms with Crippen LogP contribution in [-0.4, -0.2) is 61.0 Å². The van der Waals surface area contributed by atoms with Crippen LogP contribution in [-0.2, 0) is 6.18 Å². The molecule has 4 rings (SSSR count). The summed E-state index contributed by atoms with van der Waals surface area (Å²) in [5.41, 5.74) is 2.15. The summed E-state index contributed by atoms with van der Waals surface area (Å²) in [6.45, 7) is 7.21. The Balaban J connectivity index is 1.36. The van der Waals surface area contributed by atoms with E-state index in [0.29, 0.717) is 24.7 Å². The lowest BCUT2D eigenvalue weighted by Crippen LogP contribution is -2.56. The molecule has 4 nitrogen and oxygen atoms in total. The Labute approximate surface area is 181 Å². The molecule has 1 atom stereocenters. The molecule has 2 aliphatic rings. The lowest BCUT2D eigenvalue weighted by atomic mass is 10.0. The van der Waals surface area contributed by atoms with Crippen LogP contribution >= 0.6 is 0 Å². The maximum Gasteiger partial charge on any atom is 0.416 e. The highest BCUT2D eigenvalue weighted by Gasteiger charge is 2.32. The van der Waals surface area contributed by atoms with Gasteiger partial charge in [-0.15, -0.1) is 0 Å². The Morgan fingerprint density at radius 2 is 1.61 bits per heavy atom. The molecular weight excluding hydrogens is 403 g/mol. The molecule has 31 heavy (non-hydrogen) atoms. The fraction of sp³-hybridized carbons (Fsp3) is 0.458. The second-order valence-corrected chi connectivity index (χ2v) is 8.43. The molecule has 1 unspecified atom stereocenters. The van der Waals surface area contributed by atoms with Gasteiger partial charge in [-0.3, -0.25) is 9.69 Å². The van der Waals surface area contributed by atoms with E-state index in [9.17, 15) is 18.0 Å². The number of benzene rings is 2. The van der Waals surface area contributed by atoms with Crippen molar-refractivity contribution in [3.63, 3.8) is 0 Å². The summed E-state index contributed by atoms with van der Waals surface area (Å²) in [5.74, 6) is -0.183. The molecule has 0 bridgehead atoms. The van der Waals surface area contributed by atoms with Crippen molar-refractivity contribution < 1.29 is 18.0 Å². The van der Waals surface area contributed by atoms with Crippen LogP contribution in [0.3, 0.4) is 0 Å². The Morgan fingerprint density at radius 3 is 2.26 bits per heavy atom. The second-order valence-electron chi connectivity index (χ2n) is 8.43. The van der Waals surface area contributed by atoms with Gasteiger partial charge in [-0.2, -0.15) is 13.2 Å². The molecule has 166 valence electrons. The van der Waals surface area contributed by atoms with Crippen molar-refractivity contribution in [1.82, 2.24) is 9.80 Å². The Morgan fingerprint density at radius 1 is 0.935 bits per heavy atom. The minimum Gasteiger partial charge on any atom is -0.369 e. The monoisotopic (exact) mass is 431 g/mol. The Hall–Kier alpha value is -2.54. The summed E-state index contributed by atoms with van der Waals surface area (Å²) in [7, 11) is 0. The van der Waals surface area contributed by atoms with Crippen molar-refractivity contribution in [2.24, 2.45) is 0 Å². The fourth-order valence-electron chi connectivity index (χ4n) is 4.67. The number of anilines is 1. The maximum atomic E-state index is 12.9. The van der Waals surface area contributed by atoms with Gasteiger partial charge < -0.3 is 9.80 Å². The minimum atomic E-state index is -4.39. The van der Waals surface area contributed by atoms with Gasteiger partial charge in [0, 0.05) is 56.6 Å². The topological polar surface area (TPSA) is 26.8 Å². The number of halogens is 3. The predicted molar refractivity (Wildman–Crippen MR) is 115 cm³/mol. The highest BCUT2D eigenvalue weighted by Crippen LogP contribution is 2.29. The number of aryl methyl sites for hydroxylation is 1. The average Bonchev–Trinajstić information content (AvgIpc) is 2.79. The SMILES string of the molecule is Cc1ccccc1N1CCN(C2CCCN(C(=O)c3ccc(C(F)(F)F)cc3)C2)CC1. The van der Waals surface area contributed by atoms with Crippen molar-refractivity contribution in [1.29, 1.82) is 0 Å². The van der Waals surface area contributed by atoms with E-state index in [-0.39, 0.29) is 5.91 Å². The molecule has 0 radical (unpaired) electrons. The first kappa shape index (κ1) is 21.7. The molecule has 2 aromatic rings. The Bertz CT molecular complexity index is 905. The van der Waals surface area contributed by atoms with Crippen LogP contribution in [0.2, 0.25) is 0 Å². The van der Waals surface area contributed by atoms with Gasteiger partial charge in [-0.05, 0) is 55.7 Å². The first-order chi connectivity index (χ1) is 14.8. The van der Waals surface area contributed by atoms with E-state index in [4.69, 9.17) is 0 Å². The van der Waals surface area contributed by atoms with E-state index in [1.54, 1.807) is 4.90 Å². The molecule has 2 heterocycles. The molecule has 0 spiro atoms. The fourth-order valence-corrected chi connectivity index (χ4v) is 4.67. The summed E-state index contributed by atoms with van der Waals surface area (Å²) in [4.78, 5) is 19.6. The van der Waals surface area contributed by atoms with Gasteiger partial charge in [0.2, 0.25) is 0 Å². The van der Waals surface area contributed by atoms with Gasteiger partial charge >= 0.3 is 6.18 Å². The van der Waals surface area contributed by atoms with E-state index in [1.807, 2.05) is 0 Å². The average molecular weight is 432 g/mol. The number of carbonyl (C=O) groups excluding carboxylic acids is 1. The van der Waals surface area contributed by atoms with Gasteiger partial charge in [0.25, 0.3) is 5.91 Å². The summed E-state index contributed by atoms with van der Waals surface area (Å²) in [5, 5.41) is 0. The molecule has 1 amide bonds. The molecule has 2 aliphatic heterocycles. The van der Waals surface area contributed by atoms with Crippen molar-refractivity contribution in [3.05, 3.63) is 65.2 Å². The van der Waals surface area contributed by atoms with Crippen LogP contribution in [0.5, 0.6) is 0 Å². The van der Waals surface area contributed by atoms with Crippen molar-refractivity contribution >= 4 is 11.6 Å². The molecular formula is C24H28F3N3O. The number of rotatable bonds is 3. The van der Waals surface area contributed by atoms with Crippen LogP contribution in [0.25, 0.3) is 0 Å². The number of amides is 1. The highest BCUT2D eigenvalue weighted by atomic mass is 19.4. The summed E-state index contributed by atoms with van der Waals surface area (Å²) < 4.78 is 38.4. The molecule has 2 saturated heterocycles.